The minimum Gasteiger partial charge on any atom is -0.369 e. The maximum Gasteiger partial charge on any atom is 0.293 e. The molecule has 0 aromatic heterocycles. The molecule has 0 saturated carbocycles. The third-order valence-corrected chi connectivity index (χ3v) is 6.99. The predicted molar refractivity (Wildman–Crippen MR) is 120 cm³/mol. The zero-order valence-corrected chi connectivity index (χ0v) is 18.4. The first-order chi connectivity index (χ1) is 14.2. The average Bonchev–Trinajstić information content (AvgIpc) is 2.95. The fourth-order valence-corrected chi connectivity index (χ4v) is 5.08. The molecule has 2 aliphatic rings. The van der Waals surface area contributed by atoms with Crippen molar-refractivity contribution in [2.24, 2.45) is 0 Å². The molecule has 0 bridgehead atoms. The first-order valence-corrected chi connectivity index (χ1v) is 10.8. The number of rotatable bonds is 3. The van der Waals surface area contributed by atoms with Gasteiger partial charge in [0.2, 0.25) is 0 Å². The number of hydrogen-bond donors (Lipinski definition) is 0. The number of imide groups is 1. The molecule has 0 N–H and O–H groups in total. The van der Waals surface area contributed by atoms with Gasteiger partial charge in [0.05, 0.1) is 11.4 Å². The van der Waals surface area contributed by atoms with Crippen LogP contribution in [0.2, 0.25) is 0 Å². The van der Waals surface area contributed by atoms with Crippen LogP contribution < -0.4 is 4.90 Å². The Labute approximate surface area is 180 Å². The molecule has 0 radical (unpaired) electrons. The Morgan fingerprint density at radius 3 is 2.57 bits per heavy atom. The zero-order valence-electron chi connectivity index (χ0n) is 17.6. The van der Waals surface area contributed by atoms with E-state index in [4.69, 9.17) is 0 Å². The molecule has 1 fully saturated rings. The van der Waals surface area contributed by atoms with E-state index < -0.39 is 0 Å². The monoisotopic (exact) mass is 424 g/mol. The lowest BCUT2D eigenvalue weighted by Crippen LogP contribution is -2.45. The maximum atomic E-state index is 13.1. The van der Waals surface area contributed by atoms with Gasteiger partial charge in [0.1, 0.15) is 5.82 Å². The fourth-order valence-electron chi connectivity index (χ4n) is 4.25. The van der Waals surface area contributed by atoms with Gasteiger partial charge in [0, 0.05) is 18.3 Å². The number of hydrogen-bond acceptors (Lipinski definition) is 4. The lowest BCUT2D eigenvalue weighted by Gasteiger charge is -2.45. The predicted octanol–water partition coefficient (Wildman–Crippen LogP) is 5.78. The smallest absolute Gasteiger partial charge is 0.293 e. The first kappa shape index (κ1) is 20.7. The highest BCUT2D eigenvalue weighted by Crippen LogP contribution is 2.43. The average molecular weight is 425 g/mol. The lowest BCUT2D eigenvalue weighted by molar-refractivity contribution is -0.123. The summed E-state index contributed by atoms with van der Waals surface area (Å²) in [6, 6.07) is 12.1. The Kier molecular flexibility index (Phi) is 5.22. The van der Waals surface area contributed by atoms with Gasteiger partial charge in [-0.25, -0.2) is 4.39 Å². The number of fused-ring (bicyclic) bond motifs is 1. The second-order valence-corrected chi connectivity index (χ2v) is 9.68. The lowest BCUT2D eigenvalue weighted by atomic mass is 9.80. The first-order valence-electron chi connectivity index (χ1n) is 10.0. The van der Waals surface area contributed by atoms with Gasteiger partial charge < -0.3 is 4.90 Å². The molecular weight excluding hydrogens is 399 g/mol. The summed E-state index contributed by atoms with van der Waals surface area (Å²) in [4.78, 5) is 29.2. The molecule has 30 heavy (non-hydrogen) atoms. The number of halogens is 1. The van der Waals surface area contributed by atoms with Gasteiger partial charge in [-0.3, -0.25) is 14.5 Å². The summed E-state index contributed by atoms with van der Waals surface area (Å²) in [6.07, 6.45) is 2.84. The standard InChI is InChI=1S/C24H25FN2O2S/c1-15-13-24(2,3)26(4)20-10-7-17(11-19(15)20)12-21-22(28)27(23(29)30-21)14-16-5-8-18(25)9-6-16/h5-12,15H,13-14H2,1-4H3/b21-12+. The molecule has 1 saturated heterocycles. The van der Waals surface area contributed by atoms with Gasteiger partial charge in [-0.15, -0.1) is 0 Å². The van der Waals surface area contributed by atoms with Gasteiger partial charge in [-0.05, 0) is 85.0 Å². The minimum atomic E-state index is -0.344. The van der Waals surface area contributed by atoms with Gasteiger partial charge in [-0.2, -0.15) is 0 Å². The molecule has 1 unspecified atom stereocenters. The van der Waals surface area contributed by atoms with E-state index in [1.54, 1.807) is 18.2 Å². The van der Waals surface area contributed by atoms with E-state index in [-0.39, 0.29) is 29.0 Å². The molecule has 0 spiro atoms. The minimum absolute atomic E-state index is 0.0942. The van der Waals surface area contributed by atoms with Crippen molar-refractivity contribution in [3.05, 3.63) is 69.9 Å². The van der Waals surface area contributed by atoms with E-state index in [9.17, 15) is 14.0 Å². The Morgan fingerprint density at radius 1 is 1.17 bits per heavy atom. The van der Waals surface area contributed by atoms with Gasteiger partial charge in [0.25, 0.3) is 11.1 Å². The van der Waals surface area contributed by atoms with Gasteiger partial charge in [0.15, 0.2) is 0 Å². The summed E-state index contributed by atoms with van der Waals surface area (Å²) < 4.78 is 13.1. The summed E-state index contributed by atoms with van der Waals surface area (Å²) in [7, 11) is 2.12. The third-order valence-electron chi connectivity index (χ3n) is 6.08. The normalized spacial score (nSPS) is 22.0. The van der Waals surface area contributed by atoms with Crippen LogP contribution in [0.5, 0.6) is 0 Å². The number of anilines is 1. The molecule has 4 nitrogen and oxygen atoms in total. The largest absolute Gasteiger partial charge is 0.369 e. The van der Waals surface area contributed by atoms with Crippen LogP contribution in [0.25, 0.3) is 6.08 Å². The second kappa shape index (κ2) is 7.58. The molecule has 156 valence electrons. The molecule has 2 aromatic carbocycles. The van der Waals surface area contributed by atoms with Gasteiger partial charge in [-0.1, -0.05) is 25.1 Å². The summed E-state index contributed by atoms with van der Waals surface area (Å²) >= 11 is 0.952. The molecule has 0 aliphatic carbocycles. The van der Waals surface area contributed by atoms with E-state index in [1.807, 2.05) is 6.07 Å². The van der Waals surface area contributed by atoms with Crippen molar-refractivity contribution >= 4 is 34.7 Å². The highest BCUT2D eigenvalue weighted by molar-refractivity contribution is 8.18. The van der Waals surface area contributed by atoms with Crippen molar-refractivity contribution in [1.29, 1.82) is 0 Å². The number of carbonyl (C=O) groups is 2. The number of benzene rings is 2. The zero-order chi connectivity index (χ0) is 21.6. The van der Waals surface area contributed by atoms with Crippen LogP contribution in [0.3, 0.4) is 0 Å². The summed E-state index contributed by atoms with van der Waals surface area (Å²) in [5.74, 6) is -0.241. The maximum absolute atomic E-state index is 13.1. The molecule has 2 amide bonds. The number of amides is 2. The van der Waals surface area contributed by atoms with Gasteiger partial charge >= 0.3 is 0 Å². The van der Waals surface area contributed by atoms with E-state index in [2.05, 4.69) is 44.9 Å². The molecular formula is C24H25FN2O2S. The SMILES string of the molecule is CC1CC(C)(C)N(C)c2ccc(/C=C3/SC(=O)N(Cc4ccc(F)cc4)C3=O)cc21. The quantitative estimate of drug-likeness (QED) is 0.585. The molecule has 4 rings (SSSR count). The Morgan fingerprint density at radius 2 is 1.87 bits per heavy atom. The fraction of sp³-hybridized carbons (Fsp3) is 0.333. The topological polar surface area (TPSA) is 40.6 Å². The summed E-state index contributed by atoms with van der Waals surface area (Å²) in [5, 5.41) is -0.302. The van der Waals surface area contributed by atoms with Crippen LogP contribution in [0.4, 0.5) is 14.9 Å². The number of carbonyl (C=O) groups excluding carboxylic acids is 2. The van der Waals surface area contributed by atoms with E-state index >= 15 is 0 Å². The van der Waals surface area contributed by atoms with Crippen LogP contribution in [0.1, 0.15) is 49.8 Å². The van der Waals surface area contributed by atoms with Crippen LogP contribution in [-0.2, 0) is 11.3 Å². The molecule has 2 heterocycles. The van der Waals surface area contributed by atoms with E-state index in [0.717, 1.165) is 23.7 Å². The second-order valence-electron chi connectivity index (χ2n) is 8.69. The highest BCUT2D eigenvalue weighted by atomic mass is 32.2. The Bertz CT molecular complexity index is 1050. The summed E-state index contributed by atoms with van der Waals surface area (Å²) in [5.41, 5.74) is 4.20. The van der Waals surface area contributed by atoms with Crippen molar-refractivity contribution < 1.29 is 14.0 Å². The van der Waals surface area contributed by atoms with Crippen LogP contribution in [-0.4, -0.2) is 28.6 Å². The van der Waals surface area contributed by atoms with Crippen molar-refractivity contribution in [2.45, 2.75) is 45.2 Å². The van der Waals surface area contributed by atoms with Crippen molar-refractivity contribution in [1.82, 2.24) is 4.90 Å². The number of thioether (sulfide) groups is 1. The summed E-state index contributed by atoms with van der Waals surface area (Å²) in [6.45, 7) is 6.87. The Balaban J connectivity index is 1.58. The number of nitrogens with zero attached hydrogens (tertiary/aromatic N) is 2. The van der Waals surface area contributed by atoms with E-state index in [0.29, 0.717) is 16.4 Å². The molecule has 2 aromatic rings. The van der Waals surface area contributed by atoms with Crippen LogP contribution >= 0.6 is 11.8 Å². The molecule has 6 heteroatoms. The third kappa shape index (κ3) is 3.76. The Hall–Kier alpha value is -2.60. The van der Waals surface area contributed by atoms with Crippen LogP contribution in [0, 0.1) is 5.82 Å². The molecule has 1 atom stereocenters. The molecule has 2 aliphatic heterocycles. The van der Waals surface area contributed by atoms with Crippen molar-refractivity contribution in [3.8, 4) is 0 Å². The van der Waals surface area contributed by atoms with Crippen molar-refractivity contribution in [2.75, 3.05) is 11.9 Å². The van der Waals surface area contributed by atoms with Crippen molar-refractivity contribution in [3.63, 3.8) is 0 Å². The highest BCUT2D eigenvalue weighted by Gasteiger charge is 2.36. The van der Waals surface area contributed by atoms with Crippen LogP contribution in [0.15, 0.2) is 47.4 Å². The van der Waals surface area contributed by atoms with E-state index in [1.165, 1.54) is 28.3 Å².